The Balaban J connectivity index is 1.54. The maximum Gasteiger partial charge on any atom is 0.230 e. The number of piperidine rings is 1. The lowest BCUT2D eigenvalue weighted by molar-refractivity contribution is -0.120. The van der Waals surface area contributed by atoms with Crippen LogP contribution in [0.5, 0.6) is 0 Å². The Morgan fingerprint density at radius 2 is 2.03 bits per heavy atom. The van der Waals surface area contributed by atoms with Gasteiger partial charge in [-0.05, 0) is 33.1 Å². The topological polar surface area (TPSA) is 91.8 Å². The predicted molar refractivity (Wildman–Crippen MR) is 114 cm³/mol. The lowest BCUT2D eigenvalue weighted by Gasteiger charge is -2.34. The largest absolute Gasteiger partial charge is 0.373 e. The summed E-state index contributed by atoms with van der Waals surface area (Å²) in [6.07, 6.45) is 2.39. The van der Waals surface area contributed by atoms with Gasteiger partial charge in [-0.15, -0.1) is 11.3 Å². The number of hydrogen-bond donors (Lipinski definition) is 1. The van der Waals surface area contributed by atoms with Gasteiger partial charge in [-0.1, -0.05) is 6.92 Å². The van der Waals surface area contributed by atoms with Crippen LogP contribution in [0, 0.1) is 5.92 Å². The van der Waals surface area contributed by atoms with E-state index in [2.05, 4.69) is 29.0 Å². The van der Waals surface area contributed by atoms with E-state index in [1.54, 1.807) is 0 Å². The van der Waals surface area contributed by atoms with Crippen LogP contribution in [-0.4, -0.2) is 72.7 Å². The van der Waals surface area contributed by atoms with Gasteiger partial charge in [-0.3, -0.25) is 9.69 Å². The van der Waals surface area contributed by atoms with Crippen LogP contribution in [0.3, 0.4) is 0 Å². The maximum absolute atomic E-state index is 12.7. The van der Waals surface area contributed by atoms with E-state index in [0.29, 0.717) is 30.9 Å². The SMILES string of the molecule is CCCS(=O)(=O)N1CCCC(C(=O)Nc2nc(CN3CC(C)OC(C)C3)cs2)C1. The monoisotopic (exact) mass is 444 g/mol. The van der Waals surface area contributed by atoms with Crippen molar-refractivity contribution in [1.29, 1.82) is 0 Å². The summed E-state index contributed by atoms with van der Waals surface area (Å²) in [5.74, 6) is -0.338. The summed E-state index contributed by atoms with van der Waals surface area (Å²) in [4.78, 5) is 19.6. The van der Waals surface area contributed by atoms with Gasteiger partial charge in [-0.25, -0.2) is 17.7 Å². The molecule has 2 aliphatic heterocycles. The second-order valence-electron chi connectivity index (χ2n) is 8.10. The highest BCUT2D eigenvalue weighted by Crippen LogP contribution is 2.24. The number of morpholine rings is 1. The normalized spacial score (nSPS) is 27.1. The molecule has 8 nitrogen and oxygen atoms in total. The number of amides is 1. The predicted octanol–water partition coefficient (Wildman–Crippen LogP) is 2.14. The van der Waals surface area contributed by atoms with E-state index in [0.717, 1.165) is 25.3 Å². The van der Waals surface area contributed by atoms with Crippen molar-refractivity contribution >= 4 is 32.4 Å². The molecule has 164 valence electrons. The second-order valence-corrected chi connectivity index (χ2v) is 11.0. The number of thiazole rings is 1. The van der Waals surface area contributed by atoms with Crippen LogP contribution < -0.4 is 5.32 Å². The molecule has 3 unspecified atom stereocenters. The molecule has 3 atom stereocenters. The van der Waals surface area contributed by atoms with Crippen LogP contribution in [0.25, 0.3) is 0 Å². The first-order chi connectivity index (χ1) is 13.8. The first kappa shape index (κ1) is 22.6. The van der Waals surface area contributed by atoms with Gasteiger partial charge >= 0.3 is 0 Å². The Morgan fingerprint density at radius 1 is 1.31 bits per heavy atom. The van der Waals surface area contributed by atoms with Crippen molar-refractivity contribution in [2.24, 2.45) is 5.92 Å². The fourth-order valence-corrected chi connectivity index (χ4v) is 6.38. The Labute approximate surface area is 177 Å². The van der Waals surface area contributed by atoms with Crippen LogP contribution in [-0.2, 0) is 26.1 Å². The Kier molecular flexibility index (Phi) is 7.66. The zero-order valence-electron chi connectivity index (χ0n) is 17.5. The lowest BCUT2D eigenvalue weighted by Crippen LogP contribution is -2.45. The van der Waals surface area contributed by atoms with E-state index in [1.165, 1.54) is 15.6 Å². The zero-order valence-corrected chi connectivity index (χ0v) is 19.1. The molecule has 10 heteroatoms. The minimum Gasteiger partial charge on any atom is -0.373 e. The van der Waals surface area contributed by atoms with Crippen molar-refractivity contribution in [2.45, 2.75) is 58.8 Å². The smallest absolute Gasteiger partial charge is 0.230 e. The molecule has 0 spiro atoms. The molecule has 1 aromatic rings. The molecule has 0 aliphatic carbocycles. The van der Waals surface area contributed by atoms with Gasteiger partial charge in [-0.2, -0.15) is 0 Å². The average molecular weight is 445 g/mol. The van der Waals surface area contributed by atoms with Crippen LogP contribution in [0.4, 0.5) is 5.13 Å². The lowest BCUT2D eigenvalue weighted by atomic mass is 9.99. The third kappa shape index (κ3) is 6.21. The van der Waals surface area contributed by atoms with Crippen molar-refractivity contribution in [3.05, 3.63) is 11.1 Å². The molecule has 0 radical (unpaired) electrons. The van der Waals surface area contributed by atoms with E-state index in [4.69, 9.17) is 4.74 Å². The van der Waals surface area contributed by atoms with Gasteiger partial charge in [0.1, 0.15) is 0 Å². The number of ether oxygens (including phenoxy) is 1. The van der Waals surface area contributed by atoms with Crippen LogP contribution in [0.15, 0.2) is 5.38 Å². The van der Waals surface area contributed by atoms with Crippen molar-refractivity contribution in [2.75, 3.05) is 37.2 Å². The molecule has 2 aliphatic rings. The fraction of sp³-hybridized carbons (Fsp3) is 0.789. The molecule has 1 amide bonds. The Hall–Kier alpha value is -1.07. The van der Waals surface area contributed by atoms with E-state index < -0.39 is 10.0 Å². The maximum atomic E-state index is 12.7. The van der Waals surface area contributed by atoms with E-state index in [9.17, 15) is 13.2 Å². The standard InChI is InChI=1S/C19H32N4O4S2/c1-4-8-29(25,26)23-7-5-6-16(11-23)18(24)21-19-20-17(13-28-19)12-22-9-14(2)27-15(3)10-22/h13-16H,4-12H2,1-3H3,(H,20,21,24). The summed E-state index contributed by atoms with van der Waals surface area (Å²) in [6, 6.07) is 0. The van der Waals surface area contributed by atoms with E-state index >= 15 is 0 Å². The molecule has 2 saturated heterocycles. The zero-order chi connectivity index (χ0) is 21.0. The van der Waals surface area contributed by atoms with Gasteiger partial charge in [0, 0.05) is 38.1 Å². The molecule has 1 N–H and O–H groups in total. The summed E-state index contributed by atoms with van der Waals surface area (Å²) in [5, 5.41) is 5.44. The molecule has 3 rings (SSSR count). The van der Waals surface area contributed by atoms with Crippen LogP contribution in [0.2, 0.25) is 0 Å². The highest BCUT2D eigenvalue weighted by molar-refractivity contribution is 7.89. The first-order valence-corrected chi connectivity index (χ1v) is 12.9. The Morgan fingerprint density at radius 3 is 2.72 bits per heavy atom. The van der Waals surface area contributed by atoms with Crippen molar-refractivity contribution in [1.82, 2.24) is 14.2 Å². The summed E-state index contributed by atoms with van der Waals surface area (Å²) < 4.78 is 31.9. The minimum atomic E-state index is -3.27. The molecule has 0 aromatic carbocycles. The van der Waals surface area contributed by atoms with Crippen LogP contribution >= 0.6 is 11.3 Å². The summed E-state index contributed by atoms with van der Waals surface area (Å²) in [6.45, 7) is 9.23. The number of anilines is 1. The number of aromatic nitrogens is 1. The summed E-state index contributed by atoms with van der Waals surface area (Å²) in [7, 11) is -3.27. The van der Waals surface area contributed by atoms with E-state index in [1.807, 2.05) is 12.3 Å². The van der Waals surface area contributed by atoms with Crippen molar-refractivity contribution < 1.29 is 17.9 Å². The number of carbonyl (C=O) groups is 1. The second kappa shape index (κ2) is 9.82. The quantitative estimate of drug-likeness (QED) is 0.693. The number of nitrogens with one attached hydrogen (secondary N) is 1. The number of nitrogens with zero attached hydrogens (tertiary/aromatic N) is 3. The van der Waals surface area contributed by atoms with Crippen LogP contribution in [0.1, 0.15) is 45.7 Å². The minimum absolute atomic E-state index is 0.135. The molecule has 1 aromatic heterocycles. The molecular weight excluding hydrogens is 412 g/mol. The van der Waals surface area contributed by atoms with Crippen molar-refractivity contribution in [3.63, 3.8) is 0 Å². The van der Waals surface area contributed by atoms with Gasteiger partial charge in [0.2, 0.25) is 15.9 Å². The molecule has 2 fully saturated rings. The third-order valence-electron chi connectivity index (χ3n) is 5.27. The number of sulfonamides is 1. The molecule has 3 heterocycles. The molecule has 0 saturated carbocycles. The Bertz CT molecular complexity index is 788. The molecule has 0 bridgehead atoms. The third-order valence-corrected chi connectivity index (χ3v) is 8.12. The van der Waals surface area contributed by atoms with E-state index in [-0.39, 0.29) is 36.3 Å². The fourth-order valence-electron chi connectivity index (χ4n) is 4.08. The van der Waals surface area contributed by atoms with Crippen molar-refractivity contribution in [3.8, 4) is 0 Å². The highest BCUT2D eigenvalue weighted by Gasteiger charge is 2.32. The number of carbonyl (C=O) groups excluding carboxylic acids is 1. The van der Waals surface area contributed by atoms with Gasteiger partial charge in [0.05, 0.1) is 29.6 Å². The molecule has 29 heavy (non-hydrogen) atoms. The summed E-state index contributed by atoms with van der Waals surface area (Å²) in [5.41, 5.74) is 0.933. The average Bonchev–Trinajstić information content (AvgIpc) is 3.07. The first-order valence-electron chi connectivity index (χ1n) is 10.4. The number of rotatable bonds is 7. The number of hydrogen-bond acceptors (Lipinski definition) is 7. The van der Waals surface area contributed by atoms with Gasteiger partial charge in [0.25, 0.3) is 0 Å². The van der Waals surface area contributed by atoms with Gasteiger partial charge in [0.15, 0.2) is 5.13 Å². The summed E-state index contributed by atoms with van der Waals surface area (Å²) >= 11 is 1.41. The highest BCUT2D eigenvalue weighted by atomic mass is 32.2. The molecular formula is C19H32N4O4S2. The van der Waals surface area contributed by atoms with Gasteiger partial charge < -0.3 is 10.1 Å².